The van der Waals surface area contributed by atoms with Gasteiger partial charge in [-0.05, 0) is 26.1 Å². The Morgan fingerprint density at radius 2 is 1.93 bits per heavy atom. The molecule has 0 aliphatic carbocycles. The summed E-state index contributed by atoms with van der Waals surface area (Å²) in [7, 11) is -1.94. The van der Waals surface area contributed by atoms with Crippen LogP contribution >= 0.6 is 0 Å². The molecule has 0 fully saturated rings. The average Bonchev–Trinajstić information content (AvgIpc) is 2.02. The molecule has 0 aliphatic rings. The molecule has 0 saturated carbocycles. The van der Waals surface area contributed by atoms with Crippen molar-refractivity contribution < 1.29 is 19.1 Å². The summed E-state index contributed by atoms with van der Waals surface area (Å²) in [6.07, 6.45) is 0.864. The highest BCUT2D eigenvalue weighted by Gasteiger charge is 2.25. The van der Waals surface area contributed by atoms with Crippen molar-refractivity contribution >= 4 is 20.3 Å². The van der Waals surface area contributed by atoms with Crippen LogP contribution in [0.4, 0.5) is 0 Å². The van der Waals surface area contributed by atoms with E-state index in [4.69, 9.17) is 9.53 Å². The van der Waals surface area contributed by atoms with Gasteiger partial charge in [-0.25, -0.2) is 9.59 Å². The zero-order chi connectivity index (χ0) is 11.4. The number of carboxylic acids is 1. The summed E-state index contributed by atoms with van der Waals surface area (Å²) in [5, 5.41) is 8.42. The standard InChI is InChI=1S/C9H16O4Si/c1-5-14(3,4)13-9(12)7(2)6-8(10)11/h6H,5H2,1-4H3,(H,10,11). The molecule has 0 aromatic carbocycles. The molecule has 0 aromatic rings. The van der Waals surface area contributed by atoms with Gasteiger partial charge in [0.05, 0.1) is 0 Å². The largest absolute Gasteiger partial charge is 0.516 e. The molecule has 5 heteroatoms. The normalized spacial score (nSPS) is 12.4. The van der Waals surface area contributed by atoms with E-state index in [1.165, 1.54) is 6.92 Å². The third-order valence-corrected chi connectivity index (χ3v) is 4.32. The van der Waals surface area contributed by atoms with E-state index < -0.39 is 20.3 Å². The number of carboxylic acid groups (broad SMARTS) is 1. The molecule has 0 aromatic heterocycles. The van der Waals surface area contributed by atoms with Crippen molar-refractivity contribution in [1.29, 1.82) is 0 Å². The van der Waals surface area contributed by atoms with Crippen molar-refractivity contribution in [1.82, 2.24) is 0 Å². The van der Waals surface area contributed by atoms with Gasteiger partial charge in [0.2, 0.25) is 8.32 Å². The Morgan fingerprint density at radius 1 is 1.43 bits per heavy atom. The maximum Gasteiger partial charge on any atom is 0.328 e. The van der Waals surface area contributed by atoms with Crippen LogP contribution in [0.5, 0.6) is 0 Å². The Labute approximate surface area is 84.7 Å². The average molecular weight is 216 g/mol. The lowest BCUT2D eigenvalue weighted by Gasteiger charge is -2.20. The molecule has 80 valence electrons. The van der Waals surface area contributed by atoms with E-state index in [1.54, 1.807) is 0 Å². The highest BCUT2D eigenvalue weighted by molar-refractivity contribution is 6.72. The quantitative estimate of drug-likeness (QED) is 0.574. The van der Waals surface area contributed by atoms with Crippen molar-refractivity contribution in [2.45, 2.75) is 33.0 Å². The molecule has 0 saturated heterocycles. The summed E-state index contributed by atoms with van der Waals surface area (Å²) in [4.78, 5) is 21.6. The SMILES string of the molecule is CC[Si](C)(C)OC(=O)C(C)=CC(=O)O. The molecular weight excluding hydrogens is 200 g/mol. The molecular formula is C9H16O4Si. The minimum absolute atomic E-state index is 0.131. The van der Waals surface area contributed by atoms with Crippen LogP contribution in [0.3, 0.4) is 0 Å². The first-order chi connectivity index (χ1) is 6.28. The molecule has 0 rings (SSSR count). The van der Waals surface area contributed by atoms with Crippen LogP contribution in [0.25, 0.3) is 0 Å². The Hall–Kier alpha value is -1.10. The fourth-order valence-corrected chi connectivity index (χ4v) is 1.45. The van der Waals surface area contributed by atoms with Gasteiger partial charge >= 0.3 is 11.9 Å². The van der Waals surface area contributed by atoms with E-state index in [2.05, 4.69) is 0 Å². The molecule has 0 radical (unpaired) electrons. The van der Waals surface area contributed by atoms with E-state index in [0.717, 1.165) is 12.1 Å². The monoisotopic (exact) mass is 216 g/mol. The number of aliphatic carboxylic acids is 1. The van der Waals surface area contributed by atoms with Gasteiger partial charge in [-0.1, -0.05) is 6.92 Å². The number of carbonyl (C=O) groups is 2. The molecule has 0 aliphatic heterocycles. The van der Waals surface area contributed by atoms with E-state index in [0.29, 0.717) is 0 Å². The second-order valence-corrected chi connectivity index (χ2v) is 8.10. The van der Waals surface area contributed by atoms with Crippen molar-refractivity contribution in [2.75, 3.05) is 0 Å². The minimum atomic E-state index is -1.94. The molecule has 4 nitrogen and oxygen atoms in total. The highest BCUT2D eigenvalue weighted by Crippen LogP contribution is 2.12. The maximum atomic E-state index is 11.3. The number of carbonyl (C=O) groups excluding carboxylic acids is 1. The van der Waals surface area contributed by atoms with Gasteiger partial charge in [0, 0.05) is 11.6 Å². The van der Waals surface area contributed by atoms with Crippen LogP contribution in [0.1, 0.15) is 13.8 Å². The summed E-state index contributed by atoms with van der Waals surface area (Å²) < 4.78 is 5.22. The fraction of sp³-hybridized carbons (Fsp3) is 0.556. The fourth-order valence-electron chi connectivity index (χ4n) is 0.648. The second-order valence-electron chi connectivity index (χ2n) is 3.67. The second kappa shape index (κ2) is 4.95. The van der Waals surface area contributed by atoms with Crippen molar-refractivity contribution in [3.8, 4) is 0 Å². The van der Waals surface area contributed by atoms with Crippen molar-refractivity contribution in [3.63, 3.8) is 0 Å². The Kier molecular flexibility index (Phi) is 4.56. The first-order valence-corrected chi connectivity index (χ1v) is 7.54. The van der Waals surface area contributed by atoms with Gasteiger partial charge in [0.1, 0.15) is 0 Å². The smallest absolute Gasteiger partial charge is 0.328 e. The summed E-state index contributed by atoms with van der Waals surface area (Å²) in [6.45, 7) is 7.23. The zero-order valence-electron chi connectivity index (χ0n) is 8.96. The van der Waals surface area contributed by atoms with Gasteiger partial charge in [-0.2, -0.15) is 0 Å². The molecule has 0 unspecified atom stereocenters. The van der Waals surface area contributed by atoms with Crippen LogP contribution in [0.15, 0.2) is 11.6 Å². The third kappa shape index (κ3) is 4.81. The van der Waals surface area contributed by atoms with Crippen LogP contribution in [-0.2, 0) is 14.0 Å². The lowest BCUT2D eigenvalue weighted by molar-refractivity contribution is -0.134. The number of rotatable bonds is 4. The van der Waals surface area contributed by atoms with Gasteiger partial charge in [-0.15, -0.1) is 0 Å². The lowest BCUT2D eigenvalue weighted by atomic mass is 10.3. The third-order valence-electron chi connectivity index (χ3n) is 1.88. The maximum absolute atomic E-state index is 11.3. The van der Waals surface area contributed by atoms with E-state index in [1.807, 2.05) is 20.0 Å². The zero-order valence-corrected chi connectivity index (χ0v) is 9.96. The predicted octanol–water partition coefficient (Wildman–Crippen LogP) is 1.79. The molecule has 0 spiro atoms. The van der Waals surface area contributed by atoms with Gasteiger partial charge in [-0.3, -0.25) is 0 Å². The predicted molar refractivity (Wildman–Crippen MR) is 55.4 cm³/mol. The summed E-state index contributed by atoms with van der Waals surface area (Å²) in [5.74, 6) is -1.65. The molecule has 14 heavy (non-hydrogen) atoms. The Morgan fingerprint density at radius 3 is 2.29 bits per heavy atom. The molecule has 0 heterocycles. The van der Waals surface area contributed by atoms with Gasteiger partial charge in [0.25, 0.3) is 0 Å². The van der Waals surface area contributed by atoms with Gasteiger partial charge in [0.15, 0.2) is 0 Å². The topological polar surface area (TPSA) is 63.6 Å². The summed E-state index contributed by atoms with van der Waals surface area (Å²) >= 11 is 0. The first-order valence-electron chi connectivity index (χ1n) is 4.43. The summed E-state index contributed by atoms with van der Waals surface area (Å²) in [5.41, 5.74) is 0.131. The van der Waals surface area contributed by atoms with E-state index in [9.17, 15) is 9.59 Å². The molecule has 0 atom stereocenters. The molecule has 0 bridgehead atoms. The Balaban J connectivity index is 4.43. The van der Waals surface area contributed by atoms with Crippen LogP contribution in [-0.4, -0.2) is 25.4 Å². The van der Waals surface area contributed by atoms with E-state index in [-0.39, 0.29) is 5.57 Å². The molecule has 1 N–H and O–H groups in total. The first kappa shape index (κ1) is 12.9. The van der Waals surface area contributed by atoms with Gasteiger partial charge < -0.3 is 9.53 Å². The number of hydrogen-bond donors (Lipinski definition) is 1. The van der Waals surface area contributed by atoms with Crippen molar-refractivity contribution in [3.05, 3.63) is 11.6 Å². The lowest BCUT2D eigenvalue weighted by Crippen LogP contribution is -2.32. The minimum Gasteiger partial charge on any atom is -0.516 e. The van der Waals surface area contributed by atoms with Crippen molar-refractivity contribution in [2.24, 2.45) is 0 Å². The van der Waals surface area contributed by atoms with Crippen LogP contribution in [0, 0.1) is 0 Å². The summed E-state index contributed by atoms with van der Waals surface area (Å²) in [6, 6.07) is 0.819. The Bertz CT molecular complexity index is 268. The van der Waals surface area contributed by atoms with Crippen LogP contribution < -0.4 is 0 Å². The highest BCUT2D eigenvalue weighted by atomic mass is 28.4. The van der Waals surface area contributed by atoms with E-state index >= 15 is 0 Å². The van der Waals surface area contributed by atoms with Crippen LogP contribution in [0.2, 0.25) is 19.1 Å². The number of hydrogen-bond acceptors (Lipinski definition) is 3. The molecule has 0 amide bonds.